The predicted octanol–water partition coefficient (Wildman–Crippen LogP) is 2.82. The van der Waals surface area contributed by atoms with Crippen LogP contribution in [0.2, 0.25) is 0 Å². The summed E-state index contributed by atoms with van der Waals surface area (Å²) >= 11 is 5.79. The van der Waals surface area contributed by atoms with Gasteiger partial charge >= 0.3 is 0 Å². The van der Waals surface area contributed by atoms with Crippen molar-refractivity contribution in [2.75, 3.05) is 31.7 Å². The van der Waals surface area contributed by atoms with Crippen molar-refractivity contribution in [3.63, 3.8) is 0 Å². The lowest BCUT2D eigenvalue weighted by Crippen LogP contribution is -2.25. The molecule has 18 heavy (non-hydrogen) atoms. The van der Waals surface area contributed by atoms with Crippen LogP contribution in [-0.4, -0.2) is 31.8 Å². The maximum Gasteiger partial charge on any atom is 0.141 e. The highest BCUT2D eigenvalue weighted by molar-refractivity contribution is 6.17. The fraction of sp³-hybridized carbons (Fsp3) is 0.615. The molecule has 1 aliphatic carbocycles. The molecule has 1 aliphatic rings. The number of likely N-dealkylation sites (N-methyl/N-ethyl adjacent to an activating group) is 1. The second kappa shape index (κ2) is 6.34. The van der Waals surface area contributed by atoms with Gasteiger partial charge in [-0.25, -0.2) is 9.37 Å². The molecule has 2 rings (SSSR count). The molecule has 3 nitrogen and oxygen atoms in total. The van der Waals surface area contributed by atoms with Crippen LogP contribution in [0.5, 0.6) is 0 Å². The number of ether oxygens (including phenoxy) is 1. The van der Waals surface area contributed by atoms with Crippen molar-refractivity contribution in [2.24, 2.45) is 5.92 Å². The van der Waals surface area contributed by atoms with Gasteiger partial charge in [-0.2, -0.15) is 0 Å². The zero-order chi connectivity index (χ0) is 13.0. The first kappa shape index (κ1) is 13.6. The average Bonchev–Trinajstić information content (AvgIpc) is 3.18. The Labute approximate surface area is 112 Å². The van der Waals surface area contributed by atoms with Crippen LogP contribution in [0.25, 0.3) is 0 Å². The van der Waals surface area contributed by atoms with E-state index in [1.807, 2.05) is 11.9 Å². The minimum atomic E-state index is -0.354. The number of hydrogen-bond donors (Lipinski definition) is 0. The largest absolute Gasteiger partial charge is 0.379 e. The number of nitrogens with zero attached hydrogens (tertiary/aromatic N) is 2. The first-order valence-electron chi connectivity index (χ1n) is 6.20. The summed E-state index contributed by atoms with van der Waals surface area (Å²) in [5, 5.41) is 0. The molecule has 0 saturated heterocycles. The minimum absolute atomic E-state index is 0.257. The lowest BCUT2D eigenvalue weighted by atomic mass is 10.2. The van der Waals surface area contributed by atoms with Gasteiger partial charge in [0.1, 0.15) is 11.6 Å². The number of hydrogen-bond acceptors (Lipinski definition) is 3. The second-order valence-corrected chi connectivity index (χ2v) is 4.98. The molecule has 0 aromatic carbocycles. The van der Waals surface area contributed by atoms with Gasteiger partial charge < -0.3 is 9.64 Å². The van der Waals surface area contributed by atoms with Crippen molar-refractivity contribution in [1.29, 1.82) is 0 Å². The molecule has 0 atom stereocenters. The van der Waals surface area contributed by atoms with Crippen LogP contribution in [0, 0.1) is 11.7 Å². The molecule has 0 unspecified atom stereocenters. The van der Waals surface area contributed by atoms with Crippen LogP contribution >= 0.6 is 11.6 Å². The zero-order valence-corrected chi connectivity index (χ0v) is 11.3. The number of rotatable bonds is 7. The van der Waals surface area contributed by atoms with Crippen LogP contribution in [0.15, 0.2) is 12.3 Å². The number of anilines is 1. The van der Waals surface area contributed by atoms with E-state index < -0.39 is 0 Å². The first-order chi connectivity index (χ1) is 8.70. The van der Waals surface area contributed by atoms with Crippen molar-refractivity contribution < 1.29 is 9.13 Å². The van der Waals surface area contributed by atoms with Crippen molar-refractivity contribution in [3.8, 4) is 0 Å². The molecule has 0 N–H and O–H groups in total. The molecule has 1 aromatic rings. The van der Waals surface area contributed by atoms with E-state index in [-0.39, 0.29) is 11.7 Å². The molecule has 1 aromatic heterocycles. The van der Waals surface area contributed by atoms with Crippen molar-refractivity contribution in [2.45, 2.75) is 18.7 Å². The van der Waals surface area contributed by atoms with Crippen LogP contribution in [0.1, 0.15) is 18.4 Å². The summed E-state index contributed by atoms with van der Waals surface area (Å²) in [4.78, 5) is 6.03. The van der Waals surface area contributed by atoms with Crippen molar-refractivity contribution in [3.05, 3.63) is 23.6 Å². The van der Waals surface area contributed by atoms with Crippen LogP contribution in [0.4, 0.5) is 10.2 Å². The van der Waals surface area contributed by atoms with Gasteiger partial charge in [-0.15, -0.1) is 11.6 Å². The summed E-state index contributed by atoms with van der Waals surface area (Å²) < 4.78 is 18.6. The average molecular weight is 273 g/mol. The maximum absolute atomic E-state index is 13.0. The molecule has 0 amide bonds. The smallest absolute Gasteiger partial charge is 0.141 e. The third-order valence-electron chi connectivity index (χ3n) is 3.04. The van der Waals surface area contributed by atoms with Gasteiger partial charge in [0.2, 0.25) is 0 Å². The Morgan fingerprint density at radius 3 is 3.00 bits per heavy atom. The standard InChI is InChI=1S/C13H18ClFN2O/c1-17(4-5-18-9-10-2-3-10)13-11(7-14)6-12(15)8-16-13/h6,8,10H,2-5,7,9H2,1H3. The van der Waals surface area contributed by atoms with E-state index in [0.717, 1.165) is 24.9 Å². The molecule has 0 spiro atoms. The third kappa shape index (κ3) is 3.82. The van der Waals surface area contributed by atoms with Crippen LogP contribution in [0.3, 0.4) is 0 Å². The van der Waals surface area contributed by atoms with E-state index in [0.29, 0.717) is 12.2 Å². The highest BCUT2D eigenvalue weighted by Crippen LogP contribution is 2.28. The Kier molecular flexibility index (Phi) is 4.78. The molecule has 1 fully saturated rings. The van der Waals surface area contributed by atoms with Crippen LogP contribution < -0.4 is 4.90 Å². The fourth-order valence-electron chi connectivity index (χ4n) is 1.76. The van der Waals surface area contributed by atoms with E-state index in [9.17, 15) is 4.39 Å². The molecule has 1 saturated carbocycles. The Morgan fingerprint density at radius 1 is 1.56 bits per heavy atom. The van der Waals surface area contributed by atoms with Gasteiger partial charge in [-0.1, -0.05) is 0 Å². The Bertz CT molecular complexity index is 399. The molecule has 0 aliphatic heterocycles. The topological polar surface area (TPSA) is 25.4 Å². The van der Waals surface area contributed by atoms with Gasteiger partial charge in [0.25, 0.3) is 0 Å². The Morgan fingerprint density at radius 2 is 2.33 bits per heavy atom. The summed E-state index contributed by atoms with van der Waals surface area (Å²) in [5.74, 6) is 1.40. The number of halogens is 2. The van der Waals surface area contributed by atoms with E-state index in [1.165, 1.54) is 25.1 Å². The van der Waals surface area contributed by atoms with E-state index in [2.05, 4.69) is 4.98 Å². The quantitative estimate of drug-likeness (QED) is 0.564. The highest BCUT2D eigenvalue weighted by Gasteiger charge is 2.21. The second-order valence-electron chi connectivity index (χ2n) is 4.71. The monoisotopic (exact) mass is 272 g/mol. The van der Waals surface area contributed by atoms with Gasteiger partial charge in [0, 0.05) is 25.8 Å². The summed E-state index contributed by atoms with van der Waals surface area (Å²) in [7, 11) is 1.91. The fourth-order valence-corrected chi connectivity index (χ4v) is 1.95. The highest BCUT2D eigenvalue weighted by atomic mass is 35.5. The first-order valence-corrected chi connectivity index (χ1v) is 6.73. The van der Waals surface area contributed by atoms with Crippen LogP contribution in [-0.2, 0) is 10.6 Å². The lowest BCUT2D eigenvalue weighted by molar-refractivity contribution is 0.130. The normalized spacial score (nSPS) is 14.8. The van der Waals surface area contributed by atoms with Crippen molar-refractivity contribution >= 4 is 17.4 Å². The Balaban J connectivity index is 1.84. The van der Waals surface area contributed by atoms with Gasteiger partial charge in [0.15, 0.2) is 0 Å². The maximum atomic E-state index is 13.0. The van der Waals surface area contributed by atoms with E-state index in [1.54, 1.807) is 0 Å². The van der Waals surface area contributed by atoms with Crippen molar-refractivity contribution in [1.82, 2.24) is 4.98 Å². The molecule has 0 radical (unpaired) electrons. The van der Waals surface area contributed by atoms with Gasteiger partial charge in [-0.05, 0) is 24.8 Å². The van der Waals surface area contributed by atoms with E-state index >= 15 is 0 Å². The summed E-state index contributed by atoms with van der Waals surface area (Å²) in [5.41, 5.74) is 0.710. The SMILES string of the molecule is CN(CCOCC1CC1)c1ncc(F)cc1CCl. The van der Waals surface area contributed by atoms with E-state index in [4.69, 9.17) is 16.3 Å². The molecule has 5 heteroatoms. The minimum Gasteiger partial charge on any atom is -0.379 e. The lowest BCUT2D eigenvalue weighted by Gasteiger charge is -2.20. The molecular weight excluding hydrogens is 255 g/mol. The van der Waals surface area contributed by atoms with Gasteiger partial charge in [0.05, 0.1) is 18.7 Å². The summed E-state index contributed by atoms with van der Waals surface area (Å²) in [6.07, 6.45) is 3.81. The molecular formula is C13H18ClFN2O. The summed E-state index contributed by atoms with van der Waals surface area (Å²) in [6.45, 7) is 2.25. The molecule has 1 heterocycles. The number of alkyl halides is 1. The predicted molar refractivity (Wildman–Crippen MR) is 70.6 cm³/mol. The summed E-state index contributed by atoms with van der Waals surface area (Å²) in [6, 6.07) is 1.43. The zero-order valence-electron chi connectivity index (χ0n) is 10.5. The molecule has 0 bridgehead atoms. The molecule has 100 valence electrons. The number of aromatic nitrogens is 1. The number of pyridine rings is 1. The third-order valence-corrected chi connectivity index (χ3v) is 3.32. The Hall–Kier alpha value is -0.870. The van der Waals surface area contributed by atoms with Gasteiger partial charge in [-0.3, -0.25) is 0 Å².